The maximum absolute atomic E-state index is 12.8. The number of amides is 1. The maximum atomic E-state index is 12.8. The van der Waals surface area contributed by atoms with Gasteiger partial charge in [0.1, 0.15) is 0 Å². The molecule has 3 aromatic rings. The Labute approximate surface area is 205 Å². The van der Waals surface area contributed by atoms with Crippen LogP contribution in [0.25, 0.3) is 0 Å². The summed E-state index contributed by atoms with van der Waals surface area (Å²) in [5.74, 6) is -0.202. The van der Waals surface area contributed by atoms with E-state index in [1.807, 2.05) is 32.9 Å². The van der Waals surface area contributed by atoms with Crippen molar-refractivity contribution in [3.63, 3.8) is 0 Å². The van der Waals surface area contributed by atoms with Crippen LogP contribution in [0.5, 0.6) is 0 Å². The molecule has 3 aromatic carbocycles. The number of sulfonamides is 1. The fraction of sp³-hybridized carbons (Fsp3) is 0.240. The minimum Gasteiger partial charge on any atom is -0.346 e. The van der Waals surface area contributed by atoms with Crippen molar-refractivity contribution >= 4 is 44.8 Å². The fourth-order valence-corrected chi connectivity index (χ4v) is 5.00. The van der Waals surface area contributed by atoms with Crippen molar-refractivity contribution in [2.75, 3.05) is 10.6 Å². The van der Waals surface area contributed by atoms with E-state index < -0.39 is 10.0 Å². The molecule has 33 heavy (non-hydrogen) atoms. The molecule has 0 aliphatic heterocycles. The third-order valence-electron chi connectivity index (χ3n) is 5.38. The van der Waals surface area contributed by atoms with Crippen molar-refractivity contribution in [3.05, 3.63) is 98.5 Å². The molecule has 0 saturated carbocycles. The van der Waals surface area contributed by atoms with Crippen LogP contribution < -0.4 is 9.62 Å². The first-order valence-corrected chi connectivity index (χ1v) is 13.0. The SMILES string of the molecule is Cc1ccc([C@@H](C)NC(=O)c2ccc(CN(c3cccc(Cl)c3Cl)S(C)(=O)=O)cc2)c(C)c1. The Hall–Kier alpha value is -2.54. The number of rotatable bonds is 7. The van der Waals surface area contributed by atoms with Gasteiger partial charge >= 0.3 is 0 Å². The van der Waals surface area contributed by atoms with Crippen LogP contribution in [0.15, 0.2) is 60.7 Å². The van der Waals surface area contributed by atoms with Gasteiger partial charge in [0.2, 0.25) is 10.0 Å². The van der Waals surface area contributed by atoms with Crippen molar-refractivity contribution < 1.29 is 13.2 Å². The van der Waals surface area contributed by atoms with E-state index in [4.69, 9.17) is 23.2 Å². The summed E-state index contributed by atoms with van der Waals surface area (Å²) in [5, 5.41) is 3.46. The van der Waals surface area contributed by atoms with Crippen molar-refractivity contribution in [1.82, 2.24) is 5.32 Å². The van der Waals surface area contributed by atoms with E-state index in [1.165, 1.54) is 9.87 Å². The lowest BCUT2D eigenvalue weighted by atomic mass is 10.00. The van der Waals surface area contributed by atoms with Crippen LogP contribution in [-0.4, -0.2) is 20.6 Å². The van der Waals surface area contributed by atoms with Gasteiger partial charge in [-0.15, -0.1) is 0 Å². The maximum Gasteiger partial charge on any atom is 0.251 e. The molecule has 0 heterocycles. The summed E-state index contributed by atoms with van der Waals surface area (Å²) >= 11 is 12.3. The lowest BCUT2D eigenvalue weighted by molar-refractivity contribution is 0.0940. The summed E-state index contributed by atoms with van der Waals surface area (Å²) in [4.78, 5) is 12.8. The number of benzene rings is 3. The smallest absolute Gasteiger partial charge is 0.251 e. The molecule has 0 fully saturated rings. The van der Waals surface area contributed by atoms with Gasteiger partial charge in [-0.1, -0.05) is 65.2 Å². The van der Waals surface area contributed by atoms with Crippen molar-refractivity contribution in [3.8, 4) is 0 Å². The standard InChI is InChI=1S/C25H26Cl2N2O3S/c1-16-8-13-21(17(2)14-16)18(3)28-25(30)20-11-9-19(10-12-20)15-29(33(4,31)32)23-7-5-6-22(26)24(23)27/h5-14,18H,15H2,1-4H3,(H,28,30)/t18-/m1/s1. The highest BCUT2D eigenvalue weighted by Gasteiger charge is 2.22. The normalized spacial score (nSPS) is 12.3. The summed E-state index contributed by atoms with van der Waals surface area (Å²) < 4.78 is 26.1. The monoisotopic (exact) mass is 504 g/mol. The Kier molecular flexibility index (Phi) is 7.73. The van der Waals surface area contributed by atoms with E-state index in [0.717, 1.165) is 17.4 Å². The van der Waals surface area contributed by atoms with Crippen LogP contribution >= 0.6 is 23.2 Å². The molecule has 0 unspecified atom stereocenters. The van der Waals surface area contributed by atoms with Crippen LogP contribution in [0, 0.1) is 13.8 Å². The van der Waals surface area contributed by atoms with Crippen molar-refractivity contribution in [2.24, 2.45) is 0 Å². The number of carbonyl (C=O) groups excluding carboxylic acids is 1. The number of carbonyl (C=O) groups is 1. The first kappa shape index (κ1) is 25.1. The van der Waals surface area contributed by atoms with E-state index in [2.05, 4.69) is 11.4 Å². The summed E-state index contributed by atoms with van der Waals surface area (Å²) in [6.07, 6.45) is 1.11. The number of hydrogen-bond acceptors (Lipinski definition) is 3. The van der Waals surface area contributed by atoms with Gasteiger partial charge < -0.3 is 5.32 Å². The molecule has 0 aromatic heterocycles. The molecule has 0 aliphatic carbocycles. The average molecular weight is 505 g/mol. The first-order chi connectivity index (χ1) is 15.5. The molecule has 3 rings (SSSR count). The Morgan fingerprint density at radius 2 is 1.70 bits per heavy atom. The van der Waals surface area contributed by atoms with Gasteiger partial charge in [-0.25, -0.2) is 8.42 Å². The number of halogens is 2. The quantitative estimate of drug-likeness (QED) is 0.424. The molecule has 0 spiro atoms. The molecule has 8 heteroatoms. The summed E-state index contributed by atoms with van der Waals surface area (Å²) in [7, 11) is -3.62. The topological polar surface area (TPSA) is 66.5 Å². The fourth-order valence-electron chi connectivity index (χ4n) is 3.66. The largest absolute Gasteiger partial charge is 0.346 e. The molecule has 1 atom stereocenters. The van der Waals surface area contributed by atoms with Gasteiger partial charge in [-0.2, -0.15) is 0 Å². The first-order valence-electron chi connectivity index (χ1n) is 10.4. The summed E-state index contributed by atoms with van der Waals surface area (Å²) in [5.41, 5.74) is 4.85. The molecule has 1 N–H and O–H groups in total. The Bertz CT molecular complexity index is 1280. The molecule has 5 nitrogen and oxygen atoms in total. The van der Waals surface area contributed by atoms with Gasteiger partial charge in [-0.3, -0.25) is 9.10 Å². The third kappa shape index (κ3) is 6.08. The predicted octanol–water partition coefficient (Wildman–Crippen LogP) is 6.07. The molecule has 0 radical (unpaired) electrons. The minimum absolute atomic E-state index is 0.0553. The Balaban J connectivity index is 1.77. The summed E-state index contributed by atoms with van der Waals surface area (Å²) in [6.45, 7) is 6.06. The van der Waals surface area contributed by atoms with Crippen molar-refractivity contribution in [2.45, 2.75) is 33.4 Å². The van der Waals surface area contributed by atoms with E-state index in [1.54, 1.807) is 42.5 Å². The highest BCUT2D eigenvalue weighted by atomic mass is 35.5. The molecule has 0 aliphatic rings. The van der Waals surface area contributed by atoms with E-state index in [0.29, 0.717) is 16.8 Å². The van der Waals surface area contributed by atoms with Crippen LogP contribution in [0.4, 0.5) is 5.69 Å². The van der Waals surface area contributed by atoms with Crippen LogP contribution in [0.3, 0.4) is 0 Å². The Morgan fingerprint density at radius 3 is 2.30 bits per heavy atom. The van der Waals surface area contributed by atoms with Gasteiger partial charge in [0.25, 0.3) is 5.91 Å². The van der Waals surface area contributed by atoms with E-state index in [9.17, 15) is 13.2 Å². The number of aryl methyl sites for hydroxylation is 2. The Morgan fingerprint density at radius 1 is 1.03 bits per heavy atom. The second kappa shape index (κ2) is 10.2. The number of nitrogens with one attached hydrogen (secondary N) is 1. The third-order valence-corrected chi connectivity index (χ3v) is 7.32. The highest BCUT2D eigenvalue weighted by Crippen LogP contribution is 2.34. The van der Waals surface area contributed by atoms with Crippen LogP contribution in [-0.2, 0) is 16.6 Å². The lowest BCUT2D eigenvalue weighted by Gasteiger charge is -2.24. The number of anilines is 1. The molecular weight excluding hydrogens is 479 g/mol. The molecule has 0 bridgehead atoms. The average Bonchev–Trinajstić information content (AvgIpc) is 2.73. The molecule has 174 valence electrons. The predicted molar refractivity (Wildman–Crippen MR) is 136 cm³/mol. The minimum atomic E-state index is -3.62. The summed E-state index contributed by atoms with van der Waals surface area (Å²) in [6, 6.07) is 17.7. The number of hydrogen-bond donors (Lipinski definition) is 1. The highest BCUT2D eigenvalue weighted by molar-refractivity contribution is 7.92. The zero-order valence-corrected chi connectivity index (χ0v) is 21.2. The molecule has 1 amide bonds. The van der Waals surface area contributed by atoms with Crippen molar-refractivity contribution in [1.29, 1.82) is 0 Å². The number of nitrogens with zero attached hydrogens (tertiary/aromatic N) is 1. The lowest BCUT2D eigenvalue weighted by Crippen LogP contribution is -2.30. The van der Waals surface area contributed by atoms with Gasteiger partial charge in [0.05, 0.1) is 34.6 Å². The zero-order chi connectivity index (χ0) is 24.3. The second-order valence-electron chi connectivity index (χ2n) is 8.09. The van der Waals surface area contributed by atoms with Crippen LogP contribution in [0.2, 0.25) is 10.0 Å². The molecular formula is C25H26Cl2N2O3S. The second-order valence-corrected chi connectivity index (χ2v) is 10.8. The molecule has 0 saturated heterocycles. The van der Waals surface area contributed by atoms with Gasteiger partial charge in [-0.05, 0) is 61.7 Å². The van der Waals surface area contributed by atoms with E-state index in [-0.39, 0.29) is 28.5 Å². The van der Waals surface area contributed by atoms with Gasteiger partial charge in [0, 0.05) is 5.56 Å². The van der Waals surface area contributed by atoms with Gasteiger partial charge in [0.15, 0.2) is 0 Å². The zero-order valence-electron chi connectivity index (χ0n) is 18.9. The van der Waals surface area contributed by atoms with Crippen LogP contribution in [0.1, 0.15) is 45.6 Å². The van der Waals surface area contributed by atoms with E-state index >= 15 is 0 Å².